The summed E-state index contributed by atoms with van der Waals surface area (Å²) in [6.45, 7) is 2.58. The molecule has 0 atom stereocenters. The Bertz CT molecular complexity index is 506. The highest BCUT2D eigenvalue weighted by Crippen LogP contribution is 2.30. The topological polar surface area (TPSA) is 69.2 Å². The van der Waals surface area contributed by atoms with E-state index in [-0.39, 0.29) is 17.2 Å². The lowest BCUT2D eigenvalue weighted by Crippen LogP contribution is -2.45. The average Bonchev–Trinajstić information content (AvgIpc) is 2.37. The van der Waals surface area contributed by atoms with Crippen molar-refractivity contribution in [1.82, 2.24) is 9.88 Å². The maximum Gasteiger partial charge on any atom is 0.433 e. The van der Waals surface area contributed by atoms with Gasteiger partial charge in [-0.15, -0.1) is 0 Å². The van der Waals surface area contributed by atoms with Crippen LogP contribution in [0.25, 0.3) is 0 Å². The van der Waals surface area contributed by atoms with E-state index in [1.807, 2.05) is 7.05 Å². The van der Waals surface area contributed by atoms with Crippen LogP contribution in [0.3, 0.4) is 0 Å². The van der Waals surface area contributed by atoms with E-state index in [0.717, 1.165) is 19.2 Å². The summed E-state index contributed by atoms with van der Waals surface area (Å²) in [5.41, 5.74) is 4.71. The normalized spacial score (nSPS) is 17.3. The zero-order valence-corrected chi connectivity index (χ0v) is 11.0. The minimum absolute atomic E-state index is 0.139. The summed E-state index contributed by atoms with van der Waals surface area (Å²) in [4.78, 5) is 7.50. The number of hydrogen-bond donors (Lipinski definition) is 2. The fourth-order valence-corrected chi connectivity index (χ4v) is 2.08. The number of amidine groups is 1. The van der Waals surface area contributed by atoms with Crippen molar-refractivity contribution in [2.45, 2.75) is 6.18 Å². The summed E-state index contributed by atoms with van der Waals surface area (Å²) >= 11 is 0. The maximum atomic E-state index is 12.8. The van der Waals surface area contributed by atoms with Gasteiger partial charge in [-0.1, -0.05) is 0 Å². The molecule has 0 saturated carbocycles. The molecule has 1 aliphatic rings. The number of rotatable bonds is 2. The van der Waals surface area contributed by atoms with Crippen LogP contribution in [0.4, 0.5) is 19.0 Å². The minimum atomic E-state index is -4.50. The third-order valence-electron chi connectivity index (χ3n) is 3.26. The van der Waals surface area contributed by atoms with Gasteiger partial charge < -0.3 is 15.5 Å². The van der Waals surface area contributed by atoms with Crippen molar-refractivity contribution >= 4 is 11.7 Å². The lowest BCUT2D eigenvalue weighted by atomic mass is 10.2. The number of likely N-dealkylation sites (N-methyl/N-ethyl adjacent to an activating group) is 1. The molecule has 0 spiro atoms. The van der Waals surface area contributed by atoms with Crippen LogP contribution >= 0.6 is 0 Å². The van der Waals surface area contributed by atoms with Gasteiger partial charge >= 0.3 is 6.18 Å². The Hall–Kier alpha value is -1.83. The molecule has 0 radical (unpaired) electrons. The van der Waals surface area contributed by atoms with Gasteiger partial charge in [0, 0.05) is 26.2 Å². The van der Waals surface area contributed by atoms with Crippen molar-refractivity contribution in [1.29, 1.82) is 5.41 Å². The Morgan fingerprint density at radius 3 is 2.35 bits per heavy atom. The summed E-state index contributed by atoms with van der Waals surface area (Å²) in [5.74, 6) is -0.138. The van der Waals surface area contributed by atoms with Crippen molar-refractivity contribution in [2.24, 2.45) is 5.73 Å². The smallest absolute Gasteiger partial charge is 0.384 e. The van der Waals surface area contributed by atoms with Crippen LogP contribution in [0.15, 0.2) is 12.1 Å². The van der Waals surface area contributed by atoms with Crippen molar-refractivity contribution in [2.75, 3.05) is 38.1 Å². The largest absolute Gasteiger partial charge is 0.433 e. The third-order valence-corrected chi connectivity index (χ3v) is 3.26. The van der Waals surface area contributed by atoms with Crippen LogP contribution in [0, 0.1) is 5.41 Å². The van der Waals surface area contributed by atoms with Gasteiger partial charge in [-0.05, 0) is 19.2 Å². The average molecular weight is 287 g/mol. The predicted molar refractivity (Wildman–Crippen MR) is 70.0 cm³/mol. The van der Waals surface area contributed by atoms with Crippen LogP contribution in [0.5, 0.6) is 0 Å². The number of alkyl halides is 3. The first-order valence-electron chi connectivity index (χ1n) is 6.15. The van der Waals surface area contributed by atoms with Gasteiger partial charge in [-0.3, -0.25) is 5.41 Å². The molecule has 1 aromatic rings. The zero-order chi connectivity index (χ0) is 14.9. The van der Waals surface area contributed by atoms with Crippen molar-refractivity contribution in [3.8, 4) is 0 Å². The van der Waals surface area contributed by atoms with Gasteiger partial charge in [0.1, 0.15) is 17.3 Å². The Balaban J connectivity index is 2.39. The highest BCUT2D eigenvalue weighted by molar-refractivity contribution is 5.99. The van der Waals surface area contributed by atoms with Gasteiger partial charge in [0.15, 0.2) is 0 Å². The number of anilines is 1. The Labute approximate surface area is 114 Å². The summed E-state index contributed by atoms with van der Waals surface area (Å²) in [5, 5.41) is 7.48. The van der Waals surface area contributed by atoms with Gasteiger partial charge in [-0.25, -0.2) is 4.98 Å². The number of nitrogens with one attached hydrogen (secondary N) is 1. The lowest BCUT2D eigenvalue weighted by molar-refractivity contribution is -0.141. The molecule has 0 amide bonds. The molecular formula is C12H16F3N5. The Kier molecular flexibility index (Phi) is 3.85. The molecule has 20 heavy (non-hydrogen) atoms. The molecule has 1 saturated heterocycles. The molecule has 3 N–H and O–H groups in total. The second-order valence-corrected chi connectivity index (χ2v) is 4.77. The summed E-state index contributed by atoms with van der Waals surface area (Å²) in [6.07, 6.45) is -4.50. The van der Waals surface area contributed by atoms with Gasteiger partial charge in [0.05, 0.1) is 5.56 Å². The highest BCUT2D eigenvalue weighted by atomic mass is 19.4. The molecule has 0 unspecified atom stereocenters. The van der Waals surface area contributed by atoms with Crippen LogP contribution < -0.4 is 10.6 Å². The van der Waals surface area contributed by atoms with E-state index >= 15 is 0 Å². The van der Waals surface area contributed by atoms with Crippen LogP contribution in [0.2, 0.25) is 0 Å². The fraction of sp³-hybridized carbons (Fsp3) is 0.500. The van der Waals surface area contributed by atoms with Crippen LogP contribution in [0.1, 0.15) is 11.3 Å². The summed E-state index contributed by atoms with van der Waals surface area (Å²) < 4.78 is 38.3. The molecule has 2 rings (SSSR count). The van der Waals surface area contributed by atoms with E-state index in [2.05, 4.69) is 9.88 Å². The number of nitrogen functional groups attached to an aromatic ring is 1. The molecular weight excluding hydrogens is 271 g/mol. The van der Waals surface area contributed by atoms with E-state index < -0.39 is 11.9 Å². The van der Waals surface area contributed by atoms with Crippen molar-refractivity contribution in [3.63, 3.8) is 0 Å². The van der Waals surface area contributed by atoms with Crippen molar-refractivity contribution in [3.05, 3.63) is 23.4 Å². The minimum Gasteiger partial charge on any atom is -0.384 e. The molecule has 5 nitrogen and oxygen atoms in total. The molecule has 0 bridgehead atoms. The van der Waals surface area contributed by atoms with E-state index in [1.165, 1.54) is 6.07 Å². The first-order chi connectivity index (χ1) is 9.29. The molecule has 1 fully saturated rings. The molecule has 1 aromatic heterocycles. The summed E-state index contributed by atoms with van der Waals surface area (Å²) in [6, 6.07) is 2.07. The number of pyridine rings is 1. The monoisotopic (exact) mass is 287 g/mol. The van der Waals surface area contributed by atoms with E-state index in [4.69, 9.17) is 11.1 Å². The van der Waals surface area contributed by atoms with Gasteiger partial charge in [-0.2, -0.15) is 13.2 Å². The zero-order valence-electron chi connectivity index (χ0n) is 11.0. The number of nitrogens with two attached hydrogens (primary N) is 1. The number of nitrogens with zero attached hydrogens (tertiary/aromatic N) is 3. The number of aromatic nitrogens is 1. The van der Waals surface area contributed by atoms with Gasteiger partial charge in [0.2, 0.25) is 0 Å². The fourth-order valence-electron chi connectivity index (χ4n) is 2.08. The number of halogens is 3. The SMILES string of the molecule is CN1CCN(c2nc(C(F)(F)F)ccc2C(=N)N)CC1. The first kappa shape index (κ1) is 14.6. The Morgan fingerprint density at radius 1 is 1.25 bits per heavy atom. The molecule has 110 valence electrons. The van der Waals surface area contributed by atoms with Gasteiger partial charge in [0.25, 0.3) is 0 Å². The second kappa shape index (κ2) is 5.28. The maximum absolute atomic E-state index is 12.8. The third kappa shape index (κ3) is 3.01. The van der Waals surface area contributed by atoms with E-state index in [1.54, 1.807) is 4.90 Å². The standard InChI is InChI=1S/C12H16F3N5/c1-19-4-6-20(7-5-19)11-8(10(16)17)2-3-9(18-11)12(13,14)15/h2-3H,4-7H2,1H3,(H3,16,17). The molecule has 2 heterocycles. The van der Waals surface area contributed by atoms with E-state index in [0.29, 0.717) is 13.1 Å². The molecule has 1 aliphatic heterocycles. The summed E-state index contributed by atoms with van der Waals surface area (Å²) in [7, 11) is 1.95. The molecule has 8 heteroatoms. The lowest BCUT2D eigenvalue weighted by Gasteiger charge is -2.34. The van der Waals surface area contributed by atoms with E-state index in [9.17, 15) is 13.2 Å². The number of piperazine rings is 1. The molecule has 0 aromatic carbocycles. The highest BCUT2D eigenvalue weighted by Gasteiger charge is 2.34. The predicted octanol–water partition coefficient (Wildman–Crippen LogP) is 1.14. The quantitative estimate of drug-likeness (QED) is 0.632. The van der Waals surface area contributed by atoms with Crippen LogP contribution in [-0.4, -0.2) is 48.9 Å². The molecule has 0 aliphatic carbocycles. The van der Waals surface area contributed by atoms with Crippen molar-refractivity contribution < 1.29 is 13.2 Å². The van der Waals surface area contributed by atoms with Crippen LogP contribution in [-0.2, 0) is 6.18 Å². The first-order valence-corrected chi connectivity index (χ1v) is 6.15. The Morgan fingerprint density at radius 2 is 1.85 bits per heavy atom. The second-order valence-electron chi connectivity index (χ2n) is 4.77. The number of hydrogen-bond acceptors (Lipinski definition) is 4.